The molecule has 0 atom stereocenters. The number of benzene rings is 2. The van der Waals surface area contributed by atoms with Gasteiger partial charge >= 0.3 is 0 Å². The largest absolute Gasteiger partial charge is 0.482 e. The summed E-state index contributed by atoms with van der Waals surface area (Å²) in [6, 6.07) is 9.50. The predicted octanol–water partition coefficient (Wildman–Crippen LogP) is 4.69. The Hall–Kier alpha value is -1.93. The molecule has 9 heteroatoms. The summed E-state index contributed by atoms with van der Waals surface area (Å²) in [5, 5.41) is 0.770. The van der Waals surface area contributed by atoms with Crippen molar-refractivity contribution in [2.45, 2.75) is 13.5 Å². The van der Waals surface area contributed by atoms with Crippen LogP contribution in [-0.2, 0) is 16.1 Å². The first-order valence-electron chi connectivity index (χ1n) is 8.50. The van der Waals surface area contributed by atoms with Crippen LogP contribution in [0.4, 0.5) is 4.39 Å². The summed E-state index contributed by atoms with van der Waals surface area (Å²) in [7, 11) is 0. The Kier molecular flexibility index (Phi) is 7.07. The van der Waals surface area contributed by atoms with Crippen molar-refractivity contribution >= 4 is 50.7 Å². The van der Waals surface area contributed by atoms with Crippen molar-refractivity contribution in [1.29, 1.82) is 0 Å². The summed E-state index contributed by atoms with van der Waals surface area (Å²) in [4.78, 5) is 16.8. The number of rotatable bonds is 7. The second kappa shape index (κ2) is 9.52. The van der Waals surface area contributed by atoms with E-state index in [4.69, 9.17) is 32.7 Å². The molecule has 0 aliphatic heterocycles. The Morgan fingerprint density at radius 1 is 1.29 bits per heavy atom. The lowest BCUT2D eigenvalue weighted by atomic mass is 10.3. The second-order valence-electron chi connectivity index (χ2n) is 5.69. The third-order valence-corrected chi connectivity index (χ3v) is 5.35. The SMILES string of the molecule is CCOCCn1c(=NC(=O)COc2ccc(Cl)cc2Cl)sc2cccc(F)c21. The third-order valence-electron chi connectivity index (χ3n) is 3.78. The molecule has 0 aliphatic rings. The topological polar surface area (TPSA) is 52.8 Å². The molecule has 0 unspecified atom stereocenters. The van der Waals surface area contributed by atoms with Crippen LogP contribution >= 0.6 is 34.5 Å². The van der Waals surface area contributed by atoms with Crippen molar-refractivity contribution in [1.82, 2.24) is 4.57 Å². The number of fused-ring (bicyclic) bond motifs is 1. The molecule has 148 valence electrons. The van der Waals surface area contributed by atoms with Gasteiger partial charge in [-0.1, -0.05) is 40.6 Å². The smallest absolute Gasteiger partial charge is 0.286 e. The zero-order valence-electron chi connectivity index (χ0n) is 15.0. The number of para-hydroxylation sites is 1. The molecule has 3 rings (SSSR count). The number of ether oxygens (including phenoxy) is 2. The number of amides is 1. The van der Waals surface area contributed by atoms with Gasteiger partial charge in [-0.15, -0.1) is 0 Å². The van der Waals surface area contributed by atoms with Crippen LogP contribution in [0.3, 0.4) is 0 Å². The van der Waals surface area contributed by atoms with Crippen LogP contribution in [0.25, 0.3) is 10.2 Å². The average Bonchev–Trinajstić information content (AvgIpc) is 3.00. The first kappa shape index (κ1) is 20.8. The molecule has 5 nitrogen and oxygen atoms in total. The Balaban J connectivity index is 1.86. The van der Waals surface area contributed by atoms with Crippen molar-refractivity contribution in [2.75, 3.05) is 19.8 Å². The van der Waals surface area contributed by atoms with Crippen LogP contribution in [0, 0.1) is 5.82 Å². The molecule has 0 radical (unpaired) electrons. The van der Waals surface area contributed by atoms with Crippen molar-refractivity contribution in [3.05, 3.63) is 57.1 Å². The third kappa shape index (κ3) is 4.91. The van der Waals surface area contributed by atoms with Gasteiger partial charge in [-0.05, 0) is 37.3 Å². The number of hydrogen-bond acceptors (Lipinski definition) is 4. The number of halogens is 3. The van der Waals surface area contributed by atoms with Gasteiger partial charge in [0.1, 0.15) is 11.6 Å². The van der Waals surface area contributed by atoms with Crippen LogP contribution in [0.2, 0.25) is 10.0 Å². The summed E-state index contributed by atoms with van der Waals surface area (Å²) in [6.07, 6.45) is 0. The fraction of sp³-hybridized carbons (Fsp3) is 0.263. The van der Waals surface area contributed by atoms with Crippen molar-refractivity contribution in [3.63, 3.8) is 0 Å². The van der Waals surface area contributed by atoms with Gasteiger partial charge in [0.15, 0.2) is 11.4 Å². The number of nitrogens with zero attached hydrogens (tertiary/aromatic N) is 2. The molecule has 0 aliphatic carbocycles. The Bertz CT molecular complexity index is 1070. The molecule has 28 heavy (non-hydrogen) atoms. The van der Waals surface area contributed by atoms with Crippen molar-refractivity contribution < 1.29 is 18.7 Å². The number of carbonyl (C=O) groups is 1. The van der Waals surface area contributed by atoms with Gasteiger partial charge in [-0.2, -0.15) is 4.99 Å². The molecule has 1 heterocycles. The molecule has 3 aromatic rings. The van der Waals surface area contributed by atoms with E-state index in [0.29, 0.717) is 50.6 Å². The highest BCUT2D eigenvalue weighted by molar-refractivity contribution is 7.16. The zero-order valence-corrected chi connectivity index (χ0v) is 17.3. The zero-order chi connectivity index (χ0) is 20.1. The molecule has 0 saturated carbocycles. The predicted molar refractivity (Wildman–Crippen MR) is 109 cm³/mol. The van der Waals surface area contributed by atoms with E-state index in [1.807, 2.05) is 6.92 Å². The van der Waals surface area contributed by atoms with Crippen LogP contribution in [0.15, 0.2) is 41.4 Å². The molecule has 0 bridgehead atoms. The number of carbonyl (C=O) groups excluding carboxylic acids is 1. The van der Waals surface area contributed by atoms with Crippen LogP contribution in [-0.4, -0.2) is 30.3 Å². The minimum Gasteiger partial charge on any atom is -0.482 e. The van der Waals surface area contributed by atoms with E-state index in [1.54, 1.807) is 28.8 Å². The number of thiazole rings is 1. The first-order valence-corrected chi connectivity index (χ1v) is 10.1. The summed E-state index contributed by atoms with van der Waals surface area (Å²) in [6.45, 7) is 2.89. The molecule has 1 amide bonds. The van der Waals surface area contributed by atoms with Gasteiger partial charge in [0, 0.05) is 18.2 Å². The van der Waals surface area contributed by atoms with E-state index in [2.05, 4.69) is 4.99 Å². The maximum absolute atomic E-state index is 14.3. The van der Waals surface area contributed by atoms with Gasteiger partial charge in [-0.3, -0.25) is 4.79 Å². The Morgan fingerprint density at radius 3 is 2.86 bits per heavy atom. The molecule has 1 aromatic heterocycles. The number of hydrogen-bond donors (Lipinski definition) is 0. The normalized spacial score (nSPS) is 11.9. The van der Waals surface area contributed by atoms with Gasteiger partial charge in [0.2, 0.25) is 0 Å². The Morgan fingerprint density at radius 2 is 2.11 bits per heavy atom. The maximum Gasteiger partial charge on any atom is 0.286 e. The highest BCUT2D eigenvalue weighted by atomic mass is 35.5. The lowest BCUT2D eigenvalue weighted by Gasteiger charge is -2.07. The van der Waals surface area contributed by atoms with E-state index >= 15 is 0 Å². The van der Waals surface area contributed by atoms with E-state index in [9.17, 15) is 9.18 Å². The summed E-state index contributed by atoms with van der Waals surface area (Å²) < 4.78 is 27.5. The van der Waals surface area contributed by atoms with Crippen molar-refractivity contribution in [3.8, 4) is 5.75 Å². The molecular formula is C19H17Cl2FN2O3S. The molecule has 0 spiro atoms. The van der Waals surface area contributed by atoms with Crippen molar-refractivity contribution in [2.24, 2.45) is 4.99 Å². The summed E-state index contributed by atoms with van der Waals surface area (Å²) >= 11 is 13.1. The quantitative estimate of drug-likeness (QED) is 0.498. The lowest BCUT2D eigenvalue weighted by molar-refractivity contribution is -0.120. The molecule has 0 N–H and O–H groups in total. The van der Waals surface area contributed by atoms with E-state index in [-0.39, 0.29) is 12.4 Å². The van der Waals surface area contributed by atoms with Gasteiger partial charge in [0.25, 0.3) is 5.91 Å². The minimum atomic E-state index is -0.511. The number of aromatic nitrogens is 1. The monoisotopic (exact) mass is 442 g/mol. The maximum atomic E-state index is 14.3. The molecular weight excluding hydrogens is 426 g/mol. The van der Waals surface area contributed by atoms with E-state index in [1.165, 1.54) is 23.5 Å². The molecule has 2 aromatic carbocycles. The standard InChI is InChI=1S/C19H17Cl2FN2O3S/c1-2-26-9-8-24-18-14(22)4-3-5-16(18)28-19(24)23-17(25)11-27-15-7-6-12(20)10-13(15)21/h3-7,10H,2,8-9,11H2,1H3. The van der Waals surface area contributed by atoms with Gasteiger partial charge in [0.05, 0.1) is 21.8 Å². The summed E-state index contributed by atoms with van der Waals surface area (Å²) in [5.41, 5.74) is 0.403. The molecule has 0 saturated heterocycles. The van der Waals surface area contributed by atoms with E-state index in [0.717, 1.165) is 0 Å². The van der Waals surface area contributed by atoms with Crippen LogP contribution < -0.4 is 9.54 Å². The average molecular weight is 443 g/mol. The first-order chi connectivity index (χ1) is 13.5. The summed E-state index contributed by atoms with van der Waals surface area (Å²) in [5.74, 6) is -0.548. The van der Waals surface area contributed by atoms with Gasteiger partial charge < -0.3 is 14.0 Å². The Labute approximate surface area is 174 Å². The fourth-order valence-corrected chi connectivity index (χ4v) is 4.10. The second-order valence-corrected chi connectivity index (χ2v) is 7.54. The highest BCUT2D eigenvalue weighted by Gasteiger charge is 2.12. The van der Waals surface area contributed by atoms with E-state index < -0.39 is 5.91 Å². The van der Waals surface area contributed by atoms with Gasteiger partial charge in [-0.25, -0.2) is 4.39 Å². The van der Waals surface area contributed by atoms with Crippen LogP contribution in [0.5, 0.6) is 5.75 Å². The molecule has 0 fully saturated rings. The lowest BCUT2D eigenvalue weighted by Crippen LogP contribution is -2.21. The minimum absolute atomic E-state index is 0.302. The highest BCUT2D eigenvalue weighted by Crippen LogP contribution is 2.27. The fourth-order valence-electron chi connectivity index (χ4n) is 2.55. The van der Waals surface area contributed by atoms with Crippen LogP contribution in [0.1, 0.15) is 6.92 Å².